The van der Waals surface area contributed by atoms with E-state index in [1.165, 1.54) is 39.2 Å². The minimum atomic E-state index is -0.397. The first-order valence-corrected chi connectivity index (χ1v) is 7.32. The molecule has 0 radical (unpaired) electrons. The number of rotatable bonds is 2. The van der Waals surface area contributed by atoms with Gasteiger partial charge in [-0.05, 0) is 37.7 Å². The number of fused-ring (bicyclic) bond motifs is 1. The molecule has 0 aromatic carbocycles. The topological polar surface area (TPSA) is 68.5 Å². The molecular formula is C15H21N3O2. The summed E-state index contributed by atoms with van der Waals surface area (Å²) in [6, 6.07) is 2.16. The Balaban J connectivity index is 1.95. The van der Waals surface area contributed by atoms with Crippen LogP contribution in [0.5, 0.6) is 0 Å². The van der Waals surface area contributed by atoms with Crippen molar-refractivity contribution in [2.75, 3.05) is 24.3 Å². The average molecular weight is 275 g/mol. The van der Waals surface area contributed by atoms with E-state index in [2.05, 4.69) is 9.88 Å². The Labute approximate surface area is 119 Å². The SMILES string of the molecule is COC(=O)c1ccnc(N2CCCC3CCCC32)c1N. The van der Waals surface area contributed by atoms with Gasteiger partial charge in [-0.2, -0.15) is 0 Å². The molecule has 1 saturated heterocycles. The van der Waals surface area contributed by atoms with Gasteiger partial charge in [-0.25, -0.2) is 9.78 Å². The molecule has 1 saturated carbocycles. The van der Waals surface area contributed by atoms with Crippen LogP contribution in [0.2, 0.25) is 0 Å². The van der Waals surface area contributed by atoms with Gasteiger partial charge in [0.1, 0.15) is 0 Å². The zero-order valence-electron chi connectivity index (χ0n) is 11.8. The highest BCUT2D eigenvalue weighted by molar-refractivity contribution is 5.97. The second-order valence-electron chi connectivity index (χ2n) is 5.68. The van der Waals surface area contributed by atoms with E-state index in [4.69, 9.17) is 10.5 Å². The average Bonchev–Trinajstić information content (AvgIpc) is 2.95. The van der Waals surface area contributed by atoms with Crippen molar-refractivity contribution in [3.05, 3.63) is 17.8 Å². The normalized spacial score (nSPS) is 25.4. The molecule has 20 heavy (non-hydrogen) atoms. The van der Waals surface area contributed by atoms with E-state index in [0.717, 1.165) is 18.3 Å². The monoisotopic (exact) mass is 275 g/mol. The van der Waals surface area contributed by atoms with Gasteiger partial charge < -0.3 is 15.4 Å². The van der Waals surface area contributed by atoms with E-state index in [1.54, 1.807) is 12.3 Å². The van der Waals surface area contributed by atoms with Crippen LogP contribution in [0.1, 0.15) is 42.5 Å². The molecule has 0 spiro atoms. The summed E-state index contributed by atoms with van der Waals surface area (Å²) < 4.78 is 4.78. The van der Waals surface area contributed by atoms with Crippen molar-refractivity contribution in [1.29, 1.82) is 0 Å². The molecule has 2 aliphatic rings. The van der Waals surface area contributed by atoms with Crippen LogP contribution < -0.4 is 10.6 Å². The number of hydrogen-bond acceptors (Lipinski definition) is 5. The maximum absolute atomic E-state index is 11.7. The lowest BCUT2D eigenvalue weighted by molar-refractivity contribution is 0.0602. The third kappa shape index (κ3) is 2.11. The van der Waals surface area contributed by atoms with Gasteiger partial charge in [0.15, 0.2) is 5.82 Å². The maximum Gasteiger partial charge on any atom is 0.340 e. The molecule has 5 heteroatoms. The van der Waals surface area contributed by atoms with Crippen LogP contribution in [0, 0.1) is 5.92 Å². The Morgan fingerprint density at radius 2 is 2.20 bits per heavy atom. The van der Waals surface area contributed by atoms with Crippen molar-refractivity contribution in [3.63, 3.8) is 0 Å². The fourth-order valence-corrected chi connectivity index (χ4v) is 3.70. The first-order valence-electron chi connectivity index (χ1n) is 7.32. The summed E-state index contributed by atoms with van der Waals surface area (Å²) >= 11 is 0. The van der Waals surface area contributed by atoms with Gasteiger partial charge in [0.05, 0.1) is 18.4 Å². The van der Waals surface area contributed by atoms with Crippen LogP contribution >= 0.6 is 0 Å². The molecule has 2 N–H and O–H groups in total. The number of hydrogen-bond donors (Lipinski definition) is 1. The summed E-state index contributed by atoms with van der Waals surface area (Å²) in [6.45, 7) is 0.975. The number of methoxy groups -OCH3 is 1. The predicted octanol–water partition coefficient (Wildman–Crippen LogP) is 2.22. The van der Waals surface area contributed by atoms with Gasteiger partial charge in [0.2, 0.25) is 0 Å². The number of aromatic nitrogens is 1. The molecule has 2 fully saturated rings. The fraction of sp³-hybridized carbons (Fsp3) is 0.600. The minimum Gasteiger partial charge on any atom is -0.465 e. The molecule has 2 unspecified atom stereocenters. The van der Waals surface area contributed by atoms with Gasteiger partial charge in [-0.1, -0.05) is 6.42 Å². The molecular weight excluding hydrogens is 254 g/mol. The number of pyridine rings is 1. The van der Waals surface area contributed by atoms with E-state index in [-0.39, 0.29) is 0 Å². The van der Waals surface area contributed by atoms with E-state index in [1.807, 2.05) is 0 Å². The number of esters is 1. The molecule has 0 bridgehead atoms. The molecule has 1 aliphatic heterocycles. The van der Waals surface area contributed by atoms with E-state index >= 15 is 0 Å². The first kappa shape index (κ1) is 13.2. The standard InChI is InChI=1S/C15H21N3O2/c1-20-15(19)11-7-8-17-14(13(11)16)18-9-3-5-10-4-2-6-12(10)18/h7-8,10,12H,2-6,9,16H2,1H3. The number of piperidine rings is 1. The summed E-state index contributed by atoms with van der Waals surface area (Å²) in [6.07, 6.45) is 7.91. The van der Waals surface area contributed by atoms with Crippen LogP contribution in [0.15, 0.2) is 12.3 Å². The zero-order chi connectivity index (χ0) is 14.1. The Hall–Kier alpha value is -1.78. The highest BCUT2D eigenvalue weighted by Crippen LogP contribution is 2.40. The number of carbonyl (C=O) groups excluding carboxylic acids is 1. The largest absolute Gasteiger partial charge is 0.465 e. The van der Waals surface area contributed by atoms with Crippen molar-refractivity contribution in [3.8, 4) is 0 Å². The number of nitrogen functional groups attached to an aromatic ring is 1. The summed E-state index contributed by atoms with van der Waals surface area (Å²) in [4.78, 5) is 18.5. The molecule has 5 nitrogen and oxygen atoms in total. The first-order chi connectivity index (χ1) is 9.72. The Morgan fingerprint density at radius 1 is 1.40 bits per heavy atom. The summed E-state index contributed by atoms with van der Waals surface area (Å²) in [5.41, 5.74) is 7.03. The lowest BCUT2D eigenvalue weighted by Crippen LogP contribution is -2.43. The quantitative estimate of drug-likeness (QED) is 0.838. The predicted molar refractivity (Wildman–Crippen MR) is 77.7 cm³/mol. The Kier molecular flexibility index (Phi) is 3.51. The van der Waals surface area contributed by atoms with Crippen molar-refractivity contribution in [2.24, 2.45) is 5.92 Å². The highest BCUT2D eigenvalue weighted by atomic mass is 16.5. The van der Waals surface area contributed by atoms with E-state index < -0.39 is 5.97 Å². The minimum absolute atomic E-state index is 0.397. The van der Waals surface area contributed by atoms with Gasteiger partial charge in [-0.3, -0.25) is 0 Å². The molecule has 2 heterocycles. The molecule has 2 atom stereocenters. The van der Waals surface area contributed by atoms with Crippen molar-refractivity contribution in [1.82, 2.24) is 4.98 Å². The van der Waals surface area contributed by atoms with Crippen LogP contribution in [0.4, 0.5) is 11.5 Å². The van der Waals surface area contributed by atoms with Crippen LogP contribution in [-0.2, 0) is 4.74 Å². The summed E-state index contributed by atoms with van der Waals surface area (Å²) in [7, 11) is 1.37. The van der Waals surface area contributed by atoms with Crippen LogP contribution in [0.25, 0.3) is 0 Å². The Bertz CT molecular complexity index is 518. The van der Waals surface area contributed by atoms with Gasteiger partial charge in [0.25, 0.3) is 0 Å². The Morgan fingerprint density at radius 3 is 3.00 bits per heavy atom. The second-order valence-corrected chi connectivity index (χ2v) is 5.68. The molecule has 0 amide bonds. The number of carbonyl (C=O) groups is 1. The van der Waals surface area contributed by atoms with Crippen LogP contribution in [0.3, 0.4) is 0 Å². The van der Waals surface area contributed by atoms with Crippen molar-refractivity contribution < 1.29 is 9.53 Å². The maximum atomic E-state index is 11.7. The highest BCUT2D eigenvalue weighted by Gasteiger charge is 2.36. The molecule has 108 valence electrons. The van der Waals surface area contributed by atoms with E-state index in [9.17, 15) is 4.79 Å². The molecule has 1 aliphatic carbocycles. The van der Waals surface area contributed by atoms with Crippen LogP contribution in [-0.4, -0.2) is 30.6 Å². The lowest BCUT2D eigenvalue weighted by Gasteiger charge is -2.39. The molecule has 3 rings (SSSR count). The van der Waals surface area contributed by atoms with E-state index in [0.29, 0.717) is 17.3 Å². The van der Waals surface area contributed by atoms with Gasteiger partial charge in [0, 0.05) is 18.8 Å². The zero-order valence-corrected chi connectivity index (χ0v) is 11.8. The summed E-state index contributed by atoms with van der Waals surface area (Å²) in [5, 5.41) is 0. The molecule has 1 aromatic heterocycles. The number of anilines is 2. The van der Waals surface area contributed by atoms with Crippen molar-refractivity contribution >= 4 is 17.5 Å². The van der Waals surface area contributed by atoms with Crippen molar-refractivity contribution in [2.45, 2.75) is 38.1 Å². The fourth-order valence-electron chi connectivity index (χ4n) is 3.70. The smallest absolute Gasteiger partial charge is 0.340 e. The number of nitrogens with two attached hydrogens (primary N) is 1. The third-order valence-electron chi connectivity index (χ3n) is 4.64. The second kappa shape index (κ2) is 5.31. The number of ether oxygens (including phenoxy) is 1. The summed E-state index contributed by atoms with van der Waals surface area (Å²) in [5.74, 6) is 1.11. The lowest BCUT2D eigenvalue weighted by atomic mass is 9.92. The molecule has 1 aromatic rings. The van der Waals surface area contributed by atoms with Gasteiger partial charge in [-0.15, -0.1) is 0 Å². The number of nitrogens with zero attached hydrogens (tertiary/aromatic N) is 2. The van der Waals surface area contributed by atoms with Gasteiger partial charge >= 0.3 is 5.97 Å². The third-order valence-corrected chi connectivity index (χ3v) is 4.64.